The van der Waals surface area contributed by atoms with Gasteiger partial charge in [-0.25, -0.2) is 8.42 Å². The lowest BCUT2D eigenvalue weighted by Gasteiger charge is -2.16. The van der Waals surface area contributed by atoms with E-state index in [2.05, 4.69) is 5.32 Å². The highest BCUT2D eigenvalue weighted by Gasteiger charge is 2.31. The highest BCUT2D eigenvalue weighted by atomic mass is 32.2. The highest BCUT2D eigenvalue weighted by Crippen LogP contribution is 2.35. The van der Waals surface area contributed by atoms with E-state index < -0.39 is 22.0 Å². The second-order valence-electron chi connectivity index (χ2n) is 6.92. The maximum Gasteiger partial charge on any atom is 0.262 e. The summed E-state index contributed by atoms with van der Waals surface area (Å²) in [5, 5.41) is 14.3. The first-order valence-electron chi connectivity index (χ1n) is 9.51. The Kier molecular flexibility index (Phi) is 6.14. The van der Waals surface area contributed by atoms with E-state index in [1.54, 1.807) is 23.6 Å². The van der Waals surface area contributed by atoms with Crippen LogP contribution < -0.4 is 19.5 Å². The van der Waals surface area contributed by atoms with Gasteiger partial charge < -0.3 is 24.6 Å². The summed E-state index contributed by atoms with van der Waals surface area (Å²) in [6, 6.07) is 6.52. The van der Waals surface area contributed by atoms with Crippen LogP contribution in [0.1, 0.15) is 22.5 Å². The minimum absolute atomic E-state index is 0.0120. The van der Waals surface area contributed by atoms with E-state index in [1.165, 1.54) is 10.4 Å². The maximum absolute atomic E-state index is 12.8. The molecule has 0 aliphatic carbocycles. The first-order chi connectivity index (χ1) is 14.4. The molecule has 1 atom stereocenters. The van der Waals surface area contributed by atoms with Gasteiger partial charge in [0.15, 0.2) is 11.5 Å². The summed E-state index contributed by atoms with van der Waals surface area (Å²) in [7, 11) is -3.69. The van der Waals surface area contributed by atoms with Crippen molar-refractivity contribution in [3.05, 3.63) is 34.5 Å². The van der Waals surface area contributed by atoms with Crippen molar-refractivity contribution in [1.29, 1.82) is 0 Å². The quantitative estimate of drug-likeness (QED) is 0.620. The summed E-state index contributed by atoms with van der Waals surface area (Å²) >= 11 is 1.06. The highest BCUT2D eigenvalue weighted by molar-refractivity contribution is 7.89. The number of ether oxygens (including phenoxy) is 3. The predicted molar refractivity (Wildman–Crippen MR) is 109 cm³/mol. The van der Waals surface area contributed by atoms with Crippen molar-refractivity contribution in [2.75, 3.05) is 33.0 Å². The maximum atomic E-state index is 12.8. The average Bonchev–Trinajstić information content (AvgIpc) is 3.50. The molecule has 2 aromatic rings. The van der Waals surface area contributed by atoms with Crippen LogP contribution in [0.2, 0.25) is 0 Å². The smallest absolute Gasteiger partial charge is 0.262 e. The van der Waals surface area contributed by atoms with Crippen molar-refractivity contribution in [1.82, 2.24) is 9.62 Å². The van der Waals surface area contributed by atoms with Crippen molar-refractivity contribution in [2.24, 2.45) is 0 Å². The van der Waals surface area contributed by atoms with Gasteiger partial charge in [0.1, 0.15) is 28.2 Å². The number of carbonyl (C=O) groups is 1. The van der Waals surface area contributed by atoms with Gasteiger partial charge >= 0.3 is 0 Å². The van der Waals surface area contributed by atoms with Crippen LogP contribution in [-0.2, 0) is 10.0 Å². The van der Waals surface area contributed by atoms with E-state index in [0.29, 0.717) is 30.3 Å². The molecule has 30 heavy (non-hydrogen) atoms. The van der Waals surface area contributed by atoms with Crippen molar-refractivity contribution in [2.45, 2.75) is 23.8 Å². The fourth-order valence-electron chi connectivity index (χ4n) is 3.24. The first-order valence-corrected chi connectivity index (χ1v) is 11.8. The Morgan fingerprint density at radius 2 is 2.00 bits per heavy atom. The van der Waals surface area contributed by atoms with E-state index in [4.69, 9.17) is 14.2 Å². The lowest BCUT2D eigenvalue weighted by Crippen LogP contribution is -2.36. The number of aliphatic hydroxyl groups is 1. The first kappa shape index (κ1) is 20.9. The van der Waals surface area contributed by atoms with Crippen molar-refractivity contribution >= 4 is 27.3 Å². The van der Waals surface area contributed by atoms with E-state index >= 15 is 0 Å². The molecule has 2 aliphatic rings. The third-order valence-corrected chi connectivity index (χ3v) is 7.79. The molecular weight excluding hydrogens is 432 g/mol. The molecule has 1 fully saturated rings. The van der Waals surface area contributed by atoms with Crippen LogP contribution >= 0.6 is 11.3 Å². The molecule has 2 aliphatic heterocycles. The van der Waals surface area contributed by atoms with Crippen molar-refractivity contribution < 1.29 is 32.5 Å². The number of nitrogens with zero attached hydrogens (tertiary/aromatic N) is 1. The van der Waals surface area contributed by atoms with Gasteiger partial charge in [-0.2, -0.15) is 4.31 Å². The summed E-state index contributed by atoms with van der Waals surface area (Å²) in [4.78, 5) is 12.7. The van der Waals surface area contributed by atoms with Crippen LogP contribution in [0.5, 0.6) is 17.2 Å². The third kappa shape index (κ3) is 4.38. The van der Waals surface area contributed by atoms with E-state index in [1.807, 2.05) is 0 Å². The number of sulfonamides is 1. The molecule has 1 aromatic carbocycles. The SMILES string of the molecule is O=C(NCC(O)COc1ccc2c(c1)OCO2)c1sccc1S(=O)(=O)N1CCCC1. The number of aliphatic hydroxyl groups excluding tert-OH is 1. The lowest BCUT2D eigenvalue weighted by atomic mass is 10.3. The van der Waals surface area contributed by atoms with Gasteiger partial charge in [-0.3, -0.25) is 4.79 Å². The summed E-state index contributed by atoms with van der Waals surface area (Å²) < 4.78 is 42.9. The van der Waals surface area contributed by atoms with Gasteiger partial charge in [0.25, 0.3) is 5.91 Å². The second-order valence-corrected chi connectivity index (χ2v) is 9.74. The summed E-state index contributed by atoms with van der Waals surface area (Å²) in [5.74, 6) is 1.16. The molecule has 1 amide bonds. The fraction of sp³-hybridized carbons (Fsp3) is 0.421. The zero-order chi connectivity index (χ0) is 21.1. The zero-order valence-corrected chi connectivity index (χ0v) is 17.7. The number of fused-ring (bicyclic) bond motifs is 1. The Morgan fingerprint density at radius 1 is 1.23 bits per heavy atom. The van der Waals surface area contributed by atoms with Crippen molar-refractivity contribution in [3.8, 4) is 17.2 Å². The minimum atomic E-state index is -3.69. The Balaban J connectivity index is 1.31. The largest absolute Gasteiger partial charge is 0.491 e. The Bertz CT molecular complexity index is 1020. The molecule has 11 heteroatoms. The molecule has 162 valence electrons. The van der Waals surface area contributed by atoms with Crippen LogP contribution in [0, 0.1) is 0 Å². The Labute approximate surface area is 178 Å². The van der Waals surface area contributed by atoms with Crippen LogP contribution in [0.25, 0.3) is 0 Å². The number of amides is 1. The number of benzene rings is 1. The van der Waals surface area contributed by atoms with Gasteiger partial charge in [0, 0.05) is 25.7 Å². The number of nitrogens with one attached hydrogen (secondary N) is 1. The van der Waals surface area contributed by atoms with Gasteiger partial charge in [-0.1, -0.05) is 0 Å². The molecular formula is C19H22N2O7S2. The van der Waals surface area contributed by atoms with E-state index in [0.717, 1.165) is 24.2 Å². The molecule has 0 saturated carbocycles. The number of thiophene rings is 1. The lowest BCUT2D eigenvalue weighted by molar-refractivity contribution is 0.0844. The molecule has 0 radical (unpaired) electrons. The second kappa shape index (κ2) is 8.80. The molecule has 9 nitrogen and oxygen atoms in total. The molecule has 1 aromatic heterocycles. The van der Waals surface area contributed by atoms with E-state index in [-0.39, 0.29) is 29.7 Å². The predicted octanol–water partition coefficient (Wildman–Crippen LogP) is 1.43. The molecule has 1 saturated heterocycles. The van der Waals surface area contributed by atoms with Crippen molar-refractivity contribution in [3.63, 3.8) is 0 Å². The number of hydrogen-bond donors (Lipinski definition) is 2. The molecule has 3 heterocycles. The van der Waals surface area contributed by atoms with Crippen LogP contribution in [0.3, 0.4) is 0 Å². The summed E-state index contributed by atoms with van der Waals surface area (Å²) in [6.45, 7) is 0.962. The summed E-state index contributed by atoms with van der Waals surface area (Å²) in [5.41, 5.74) is 0. The van der Waals surface area contributed by atoms with Crippen LogP contribution in [0.4, 0.5) is 0 Å². The Hall–Kier alpha value is -2.34. The average molecular weight is 455 g/mol. The molecule has 0 bridgehead atoms. The zero-order valence-electron chi connectivity index (χ0n) is 16.1. The molecule has 4 rings (SSSR count). The fourth-order valence-corrected chi connectivity index (χ4v) is 6.08. The van der Waals surface area contributed by atoms with Gasteiger partial charge in [0.05, 0.1) is 0 Å². The molecule has 0 spiro atoms. The minimum Gasteiger partial charge on any atom is -0.491 e. The van der Waals surface area contributed by atoms with Crippen LogP contribution in [-0.4, -0.2) is 62.9 Å². The van der Waals surface area contributed by atoms with E-state index in [9.17, 15) is 18.3 Å². The number of rotatable bonds is 8. The van der Waals surface area contributed by atoms with Gasteiger partial charge in [-0.05, 0) is 36.4 Å². The van der Waals surface area contributed by atoms with Gasteiger partial charge in [-0.15, -0.1) is 11.3 Å². The monoisotopic (exact) mass is 454 g/mol. The number of hydrogen-bond acceptors (Lipinski definition) is 8. The summed E-state index contributed by atoms with van der Waals surface area (Å²) in [6.07, 6.45) is 0.666. The van der Waals surface area contributed by atoms with Crippen LogP contribution in [0.15, 0.2) is 34.5 Å². The molecule has 1 unspecified atom stereocenters. The third-order valence-electron chi connectivity index (χ3n) is 4.80. The normalized spacial score (nSPS) is 17.1. The number of carbonyl (C=O) groups excluding carboxylic acids is 1. The standard InChI is InChI=1S/C19H22N2O7S2/c22-13(11-26-14-3-4-15-16(9-14)28-12-27-15)10-20-19(23)18-17(5-8-29-18)30(24,25)21-6-1-2-7-21/h3-5,8-9,13,22H,1-2,6-7,10-12H2,(H,20,23). The van der Waals surface area contributed by atoms with Gasteiger partial charge in [0.2, 0.25) is 16.8 Å². The Morgan fingerprint density at radius 3 is 2.80 bits per heavy atom. The molecule has 2 N–H and O–H groups in total. The topological polar surface area (TPSA) is 114 Å².